The topological polar surface area (TPSA) is 95.0 Å². The Labute approximate surface area is 134 Å². The molecule has 2 amide bonds. The number of nitrogens with zero attached hydrogens (tertiary/aromatic N) is 2. The third-order valence-corrected chi connectivity index (χ3v) is 5.96. The number of hydrogen-bond donors (Lipinski definition) is 1. The van der Waals surface area contributed by atoms with Crippen molar-refractivity contribution in [2.75, 3.05) is 36.0 Å². The molecule has 0 bridgehead atoms. The number of carbonyl (C=O) groups is 2. The summed E-state index contributed by atoms with van der Waals surface area (Å²) in [5.74, 6) is -1.62. The first kappa shape index (κ1) is 15.9. The molecule has 7 nitrogen and oxygen atoms in total. The predicted octanol–water partition coefficient (Wildman–Crippen LogP) is -0.589. The highest BCUT2D eigenvalue weighted by Crippen LogP contribution is 2.30. The third kappa shape index (κ3) is 2.84. The highest BCUT2D eigenvalue weighted by molar-refractivity contribution is 7.91. The van der Waals surface area contributed by atoms with Gasteiger partial charge in [0.15, 0.2) is 9.84 Å². The second-order valence-corrected chi connectivity index (χ2v) is 8.15. The lowest BCUT2D eigenvalue weighted by molar-refractivity contribution is -0.157. The Morgan fingerprint density at radius 1 is 1.09 bits per heavy atom. The first-order valence-electron chi connectivity index (χ1n) is 7.43. The molecule has 2 aliphatic rings. The average Bonchev–Trinajstić information content (AvgIpc) is 2.84. The van der Waals surface area contributed by atoms with Crippen LogP contribution in [-0.2, 0) is 19.4 Å². The maximum atomic E-state index is 12.6. The largest absolute Gasteiger partial charge is 0.372 e. The molecule has 8 heteroatoms. The van der Waals surface area contributed by atoms with Gasteiger partial charge in [0.1, 0.15) is 0 Å². The second kappa shape index (κ2) is 5.61. The SMILES string of the molecule is O=C(N1CCS(=O)(=O)CC1)[C@@]1(O)CCN(c2ccccc2)C1=O. The van der Waals surface area contributed by atoms with Crippen molar-refractivity contribution in [1.29, 1.82) is 0 Å². The molecule has 0 aliphatic carbocycles. The smallest absolute Gasteiger partial charge is 0.268 e. The third-order valence-electron chi connectivity index (χ3n) is 4.35. The Bertz CT molecular complexity index is 719. The zero-order valence-electron chi connectivity index (χ0n) is 12.5. The molecule has 2 fully saturated rings. The summed E-state index contributed by atoms with van der Waals surface area (Å²) in [5.41, 5.74) is -1.47. The number of aliphatic hydroxyl groups is 1. The molecule has 2 aliphatic heterocycles. The number of rotatable bonds is 2. The minimum atomic E-state index is -3.13. The van der Waals surface area contributed by atoms with Crippen LogP contribution in [0.15, 0.2) is 30.3 Å². The summed E-state index contributed by atoms with van der Waals surface area (Å²) in [6.07, 6.45) is 0.00279. The summed E-state index contributed by atoms with van der Waals surface area (Å²) in [4.78, 5) is 27.8. The first-order valence-corrected chi connectivity index (χ1v) is 9.25. The van der Waals surface area contributed by atoms with Crippen molar-refractivity contribution in [2.45, 2.75) is 12.0 Å². The van der Waals surface area contributed by atoms with Crippen LogP contribution in [0.2, 0.25) is 0 Å². The van der Waals surface area contributed by atoms with E-state index in [1.807, 2.05) is 6.07 Å². The van der Waals surface area contributed by atoms with Crippen molar-refractivity contribution < 1.29 is 23.1 Å². The summed E-state index contributed by atoms with van der Waals surface area (Å²) < 4.78 is 22.9. The number of para-hydroxylation sites is 1. The first-order chi connectivity index (χ1) is 10.8. The van der Waals surface area contributed by atoms with Gasteiger partial charge in [-0.1, -0.05) is 18.2 Å². The molecule has 1 aromatic rings. The van der Waals surface area contributed by atoms with Gasteiger partial charge in [-0.3, -0.25) is 9.59 Å². The fourth-order valence-corrected chi connectivity index (χ4v) is 4.14. The maximum Gasteiger partial charge on any atom is 0.268 e. The molecule has 0 aromatic heterocycles. The highest BCUT2D eigenvalue weighted by Gasteiger charge is 2.53. The van der Waals surface area contributed by atoms with Crippen molar-refractivity contribution in [3.8, 4) is 0 Å². The lowest BCUT2D eigenvalue weighted by Crippen LogP contribution is -2.57. The number of amides is 2. The number of carbonyl (C=O) groups excluding carboxylic acids is 2. The molecule has 3 rings (SSSR count). The lowest BCUT2D eigenvalue weighted by Gasteiger charge is -2.32. The molecule has 1 aromatic carbocycles. The molecule has 2 heterocycles. The Morgan fingerprint density at radius 3 is 2.30 bits per heavy atom. The van der Waals surface area contributed by atoms with Gasteiger partial charge in [0.05, 0.1) is 11.5 Å². The molecule has 1 atom stereocenters. The molecule has 23 heavy (non-hydrogen) atoms. The Balaban J connectivity index is 1.77. The normalized spacial score (nSPS) is 27.3. The standard InChI is InChI=1S/C15H18N2O5S/c18-13(16-8-10-23(21,22)11-9-16)15(20)6-7-17(14(15)19)12-4-2-1-3-5-12/h1-5,20H,6-11H2/t15-/m0/s1. The molecule has 1 N–H and O–H groups in total. The Hall–Kier alpha value is -1.93. The molecule has 0 spiro atoms. The van der Waals surface area contributed by atoms with Crippen LogP contribution < -0.4 is 4.90 Å². The Morgan fingerprint density at radius 2 is 1.70 bits per heavy atom. The summed E-state index contributed by atoms with van der Waals surface area (Å²) in [7, 11) is -3.13. The van der Waals surface area contributed by atoms with E-state index in [9.17, 15) is 23.1 Å². The predicted molar refractivity (Wildman–Crippen MR) is 83.6 cm³/mol. The quantitative estimate of drug-likeness (QED) is 0.728. The van der Waals surface area contributed by atoms with Gasteiger partial charge < -0.3 is 14.9 Å². The monoisotopic (exact) mass is 338 g/mol. The van der Waals surface area contributed by atoms with Gasteiger partial charge in [-0.15, -0.1) is 0 Å². The van der Waals surface area contributed by atoms with Crippen LogP contribution in [0.4, 0.5) is 5.69 Å². The van der Waals surface area contributed by atoms with Crippen molar-refractivity contribution >= 4 is 27.3 Å². The maximum absolute atomic E-state index is 12.6. The fourth-order valence-electron chi connectivity index (χ4n) is 2.94. The van der Waals surface area contributed by atoms with E-state index in [2.05, 4.69) is 0 Å². The molecule has 2 saturated heterocycles. The second-order valence-electron chi connectivity index (χ2n) is 5.85. The summed E-state index contributed by atoms with van der Waals surface area (Å²) in [5, 5.41) is 10.6. The van der Waals surface area contributed by atoms with E-state index in [-0.39, 0.29) is 37.6 Å². The van der Waals surface area contributed by atoms with E-state index < -0.39 is 27.3 Å². The van der Waals surface area contributed by atoms with Crippen LogP contribution in [0.25, 0.3) is 0 Å². The number of benzene rings is 1. The molecular weight excluding hydrogens is 320 g/mol. The van der Waals surface area contributed by atoms with E-state index >= 15 is 0 Å². The average molecular weight is 338 g/mol. The van der Waals surface area contributed by atoms with E-state index in [0.717, 1.165) is 0 Å². The van der Waals surface area contributed by atoms with Crippen molar-refractivity contribution in [3.63, 3.8) is 0 Å². The molecule has 0 unspecified atom stereocenters. The molecular formula is C15H18N2O5S. The van der Waals surface area contributed by atoms with Gasteiger partial charge in [-0.2, -0.15) is 0 Å². The van der Waals surface area contributed by atoms with E-state index in [1.165, 1.54) is 9.80 Å². The minimum Gasteiger partial charge on any atom is -0.372 e. The van der Waals surface area contributed by atoms with Gasteiger partial charge in [-0.05, 0) is 12.1 Å². The lowest BCUT2D eigenvalue weighted by atomic mass is 10.0. The van der Waals surface area contributed by atoms with Gasteiger partial charge in [0.2, 0.25) is 5.60 Å². The van der Waals surface area contributed by atoms with Crippen LogP contribution in [0.3, 0.4) is 0 Å². The van der Waals surface area contributed by atoms with Crippen LogP contribution in [0, 0.1) is 0 Å². The number of sulfone groups is 1. The summed E-state index contributed by atoms with van der Waals surface area (Å²) >= 11 is 0. The number of hydrogen-bond acceptors (Lipinski definition) is 5. The van der Waals surface area contributed by atoms with Gasteiger partial charge in [0.25, 0.3) is 11.8 Å². The van der Waals surface area contributed by atoms with Gasteiger partial charge in [-0.25, -0.2) is 8.42 Å². The zero-order valence-corrected chi connectivity index (χ0v) is 13.3. The van der Waals surface area contributed by atoms with Gasteiger partial charge in [0, 0.05) is 31.7 Å². The van der Waals surface area contributed by atoms with Crippen LogP contribution in [0.1, 0.15) is 6.42 Å². The van der Waals surface area contributed by atoms with Crippen molar-refractivity contribution in [1.82, 2.24) is 4.90 Å². The van der Waals surface area contributed by atoms with Crippen molar-refractivity contribution in [3.05, 3.63) is 30.3 Å². The molecule has 124 valence electrons. The molecule has 0 saturated carbocycles. The number of anilines is 1. The Kier molecular flexibility index (Phi) is 3.89. The van der Waals surface area contributed by atoms with E-state index in [0.29, 0.717) is 5.69 Å². The fraction of sp³-hybridized carbons (Fsp3) is 0.467. The summed E-state index contributed by atoms with van der Waals surface area (Å²) in [6.45, 7) is 0.279. The van der Waals surface area contributed by atoms with Crippen LogP contribution in [-0.4, -0.2) is 67.0 Å². The van der Waals surface area contributed by atoms with E-state index in [4.69, 9.17) is 0 Å². The van der Waals surface area contributed by atoms with Crippen LogP contribution >= 0.6 is 0 Å². The minimum absolute atomic E-state index is 0.00279. The van der Waals surface area contributed by atoms with Crippen LogP contribution in [0.5, 0.6) is 0 Å². The molecule has 0 radical (unpaired) electrons. The van der Waals surface area contributed by atoms with Crippen molar-refractivity contribution in [2.24, 2.45) is 0 Å². The zero-order chi connectivity index (χ0) is 16.7. The summed E-state index contributed by atoms with van der Waals surface area (Å²) in [6, 6.07) is 8.84. The highest BCUT2D eigenvalue weighted by atomic mass is 32.2. The van der Waals surface area contributed by atoms with Gasteiger partial charge >= 0.3 is 0 Å². The van der Waals surface area contributed by atoms with E-state index in [1.54, 1.807) is 24.3 Å².